The maximum atomic E-state index is 12.4. The van der Waals surface area contributed by atoms with Crippen LogP contribution in [-0.4, -0.2) is 60.0 Å². The summed E-state index contributed by atoms with van der Waals surface area (Å²) in [6.45, 7) is 10.2. The summed E-state index contributed by atoms with van der Waals surface area (Å²) in [6, 6.07) is 19.9. The number of oxime groups is 1. The van der Waals surface area contributed by atoms with Gasteiger partial charge in [-0.05, 0) is 68.1 Å². The number of amides is 2. The molecule has 266 valence electrons. The molecule has 51 heavy (non-hydrogen) atoms. The molecule has 4 heterocycles. The molecule has 0 fully saturated rings. The summed E-state index contributed by atoms with van der Waals surface area (Å²) in [6.07, 6.45) is 0.105. The van der Waals surface area contributed by atoms with Crippen LogP contribution in [0.15, 0.2) is 71.2 Å². The van der Waals surface area contributed by atoms with Crippen LogP contribution in [-0.2, 0) is 29.6 Å². The predicted molar refractivity (Wildman–Crippen MR) is 196 cm³/mol. The molecule has 0 saturated heterocycles. The Morgan fingerprint density at radius 1 is 1.06 bits per heavy atom. The number of nitriles is 1. The van der Waals surface area contributed by atoms with Crippen LogP contribution >= 0.6 is 22.7 Å². The van der Waals surface area contributed by atoms with E-state index in [4.69, 9.17) is 9.57 Å². The SMILES string of the molecule is CCNc1nc(CC)c(C(=O)NC(C#N)c2cccs2)s1.Cn1nnnc1/C(=N\OCc1cccc(NC(=O)OC(C)(C)C)n1)c1ccccc1. The fourth-order valence-corrected chi connectivity index (χ4v) is 6.01. The molecule has 0 radical (unpaired) electrons. The van der Waals surface area contributed by atoms with E-state index in [-0.39, 0.29) is 12.5 Å². The summed E-state index contributed by atoms with van der Waals surface area (Å²) in [7, 11) is 1.72. The molecule has 5 rings (SSSR count). The molecule has 0 aliphatic carbocycles. The number of pyridine rings is 1. The van der Waals surface area contributed by atoms with Gasteiger partial charge in [0.25, 0.3) is 5.91 Å². The second-order valence-corrected chi connectivity index (χ2v) is 13.6. The number of nitrogens with one attached hydrogen (secondary N) is 3. The Labute approximate surface area is 303 Å². The molecule has 0 bridgehead atoms. The van der Waals surface area contributed by atoms with Gasteiger partial charge in [0.1, 0.15) is 16.3 Å². The van der Waals surface area contributed by atoms with E-state index in [0.717, 1.165) is 27.8 Å². The first-order valence-corrected chi connectivity index (χ1v) is 17.6. The third-order valence-corrected chi connectivity index (χ3v) is 8.47. The number of tetrazole rings is 1. The molecule has 1 atom stereocenters. The molecule has 1 aromatic carbocycles. The van der Waals surface area contributed by atoms with E-state index < -0.39 is 17.7 Å². The highest BCUT2D eigenvalue weighted by Crippen LogP contribution is 2.25. The van der Waals surface area contributed by atoms with Crippen molar-refractivity contribution in [3.05, 3.63) is 98.6 Å². The van der Waals surface area contributed by atoms with Crippen LogP contribution in [0.25, 0.3) is 0 Å². The summed E-state index contributed by atoms with van der Waals surface area (Å²) in [5, 5.41) is 36.1. The first kappa shape index (κ1) is 38.1. The number of nitrogens with zero attached hydrogens (tertiary/aromatic N) is 8. The minimum absolute atomic E-state index is 0.0887. The zero-order valence-corrected chi connectivity index (χ0v) is 30.7. The quantitative estimate of drug-likeness (QED) is 0.0990. The number of ether oxygens (including phenoxy) is 1. The van der Waals surface area contributed by atoms with E-state index in [2.05, 4.69) is 52.7 Å². The number of carbonyl (C=O) groups is 2. The van der Waals surface area contributed by atoms with Crippen molar-refractivity contribution in [2.24, 2.45) is 12.2 Å². The van der Waals surface area contributed by atoms with Crippen molar-refractivity contribution in [3.8, 4) is 6.07 Å². The lowest BCUT2D eigenvalue weighted by Gasteiger charge is -2.19. The lowest BCUT2D eigenvalue weighted by Crippen LogP contribution is -2.27. The topological polar surface area (TPSA) is 194 Å². The molecule has 3 N–H and O–H groups in total. The van der Waals surface area contributed by atoms with Crippen molar-refractivity contribution < 1.29 is 19.2 Å². The summed E-state index contributed by atoms with van der Waals surface area (Å²) >= 11 is 2.78. The Bertz CT molecular complexity index is 1950. The monoisotopic (exact) mass is 729 g/mol. The Morgan fingerprint density at radius 3 is 2.47 bits per heavy atom. The van der Waals surface area contributed by atoms with E-state index in [0.29, 0.717) is 34.3 Å². The Balaban J connectivity index is 0.000000244. The molecule has 0 saturated carbocycles. The van der Waals surface area contributed by atoms with E-state index in [1.807, 2.05) is 61.7 Å². The van der Waals surface area contributed by atoms with Gasteiger partial charge >= 0.3 is 6.09 Å². The number of carbonyl (C=O) groups excluding carboxylic acids is 2. The standard InChI is InChI=1S/C20H23N7O3.C14H16N4OS2/c1-20(2,3)30-19(28)22-16-12-8-11-15(21-16)13-29-24-17(14-9-6-5-7-10-14)18-23-25-26-27(18)4;1-3-9-12(21-14(18-9)16-4-2)13(19)17-10(8-15)11-6-5-7-20-11/h5-12H,13H2,1-4H3,(H,21,22,28);5-7,10H,3-4H2,1-2H3,(H,16,18)(H,17,19)/b24-17-;. The van der Waals surface area contributed by atoms with Crippen molar-refractivity contribution in [3.63, 3.8) is 0 Å². The van der Waals surface area contributed by atoms with Gasteiger partial charge in [0, 0.05) is 24.0 Å². The third kappa shape index (κ3) is 11.4. The fraction of sp³-hybridized carbons (Fsp3) is 0.324. The van der Waals surface area contributed by atoms with Gasteiger partial charge in [-0.15, -0.1) is 16.4 Å². The minimum atomic E-state index is -0.619. The summed E-state index contributed by atoms with van der Waals surface area (Å²) in [5.41, 5.74) is 2.05. The number of thiophene rings is 1. The predicted octanol–water partition coefficient (Wildman–Crippen LogP) is 6.11. The molecular weight excluding hydrogens is 691 g/mol. The van der Waals surface area contributed by atoms with Crippen LogP contribution in [0.4, 0.5) is 15.7 Å². The third-order valence-electron chi connectivity index (χ3n) is 6.48. The van der Waals surface area contributed by atoms with E-state index in [1.165, 1.54) is 27.4 Å². The molecule has 0 spiro atoms. The molecule has 5 aromatic rings. The number of thiazole rings is 1. The fourth-order valence-electron chi connectivity index (χ4n) is 4.26. The van der Waals surface area contributed by atoms with Crippen molar-refractivity contribution in [1.29, 1.82) is 5.26 Å². The molecule has 17 heteroatoms. The number of hydrogen-bond donors (Lipinski definition) is 3. The van der Waals surface area contributed by atoms with Gasteiger partial charge in [-0.25, -0.2) is 19.4 Å². The summed E-state index contributed by atoms with van der Waals surface area (Å²) < 4.78 is 6.74. The Morgan fingerprint density at radius 2 is 1.84 bits per heavy atom. The second kappa shape index (κ2) is 18.3. The van der Waals surface area contributed by atoms with Crippen LogP contribution in [0.2, 0.25) is 0 Å². The van der Waals surface area contributed by atoms with Crippen molar-refractivity contribution in [2.45, 2.75) is 59.3 Å². The molecule has 0 aliphatic rings. The van der Waals surface area contributed by atoms with Crippen LogP contribution in [0, 0.1) is 11.3 Å². The highest BCUT2D eigenvalue weighted by molar-refractivity contribution is 7.17. The number of rotatable bonds is 12. The highest BCUT2D eigenvalue weighted by Gasteiger charge is 2.22. The van der Waals surface area contributed by atoms with E-state index in [9.17, 15) is 14.9 Å². The number of anilines is 2. The minimum Gasteiger partial charge on any atom is -0.444 e. The Hall–Kier alpha value is -5.73. The van der Waals surface area contributed by atoms with Crippen LogP contribution in [0.1, 0.15) is 78.0 Å². The number of aryl methyl sites for hydroxylation is 2. The summed E-state index contributed by atoms with van der Waals surface area (Å²) in [4.78, 5) is 40.0. The maximum Gasteiger partial charge on any atom is 0.413 e. The zero-order valence-electron chi connectivity index (χ0n) is 29.1. The first-order valence-electron chi connectivity index (χ1n) is 15.9. The first-order chi connectivity index (χ1) is 24.5. The second-order valence-electron chi connectivity index (χ2n) is 11.6. The zero-order chi connectivity index (χ0) is 36.8. The van der Waals surface area contributed by atoms with Gasteiger partial charge in [0.05, 0.1) is 17.5 Å². The smallest absolute Gasteiger partial charge is 0.413 e. The van der Waals surface area contributed by atoms with Crippen molar-refractivity contribution >= 4 is 51.3 Å². The maximum absolute atomic E-state index is 12.4. The van der Waals surface area contributed by atoms with Crippen LogP contribution in [0.5, 0.6) is 0 Å². The van der Waals surface area contributed by atoms with Crippen molar-refractivity contribution in [2.75, 3.05) is 17.2 Å². The highest BCUT2D eigenvalue weighted by atomic mass is 32.1. The van der Waals surface area contributed by atoms with Crippen molar-refractivity contribution in [1.82, 2.24) is 35.5 Å². The lowest BCUT2D eigenvalue weighted by atomic mass is 10.1. The van der Waals surface area contributed by atoms with Gasteiger partial charge < -0.3 is 20.2 Å². The normalized spacial score (nSPS) is 11.7. The molecule has 4 aromatic heterocycles. The van der Waals surface area contributed by atoms with Gasteiger partial charge in [0.2, 0.25) is 5.82 Å². The average molecular weight is 730 g/mol. The van der Waals surface area contributed by atoms with Crippen LogP contribution < -0.4 is 16.0 Å². The number of benzene rings is 1. The van der Waals surface area contributed by atoms with E-state index >= 15 is 0 Å². The van der Waals surface area contributed by atoms with Gasteiger partial charge in [-0.2, -0.15) is 5.26 Å². The average Bonchev–Trinajstić information content (AvgIpc) is 3.88. The molecule has 1 unspecified atom stereocenters. The molecule has 0 aliphatic heterocycles. The van der Waals surface area contributed by atoms with Gasteiger partial charge in [-0.3, -0.25) is 10.1 Å². The molecule has 2 amide bonds. The van der Waals surface area contributed by atoms with Gasteiger partial charge in [0.15, 0.2) is 23.5 Å². The Kier molecular flexibility index (Phi) is 13.7. The lowest BCUT2D eigenvalue weighted by molar-refractivity contribution is 0.0634. The number of hydrogen-bond acceptors (Lipinski definition) is 14. The molecule has 15 nitrogen and oxygen atoms in total. The number of aromatic nitrogens is 6. The van der Waals surface area contributed by atoms with E-state index in [1.54, 1.807) is 46.0 Å². The van der Waals surface area contributed by atoms with Crippen LogP contribution in [0.3, 0.4) is 0 Å². The molecular formula is C34H39N11O4S2. The largest absolute Gasteiger partial charge is 0.444 e. The summed E-state index contributed by atoms with van der Waals surface area (Å²) in [5.74, 6) is 0.582. The van der Waals surface area contributed by atoms with Gasteiger partial charge in [-0.1, -0.05) is 65.9 Å².